The van der Waals surface area contributed by atoms with Crippen LogP contribution in [0.15, 0.2) is 28.7 Å². The van der Waals surface area contributed by atoms with Crippen molar-refractivity contribution in [1.29, 1.82) is 0 Å². The number of nitrogens with zero attached hydrogens (tertiary/aromatic N) is 4. The molecule has 0 saturated heterocycles. The lowest BCUT2D eigenvalue weighted by atomic mass is 10.2. The molecule has 1 N–H and O–H groups in total. The molecule has 0 atom stereocenters. The lowest BCUT2D eigenvalue weighted by Crippen LogP contribution is -2.31. The molecule has 2 aromatic heterocycles. The molecule has 0 aliphatic heterocycles. The van der Waals surface area contributed by atoms with Crippen molar-refractivity contribution in [2.24, 2.45) is 4.99 Å². The molecular formula is C25H37N5OS2. The summed E-state index contributed by atoms with van der Waals surface area (Å²) in [5.41, 5.74) is 2.43. The van der Waals surface area contributed by atoms with Gasteiger partial charge in [-0.2, -0.15) is 0 Å². The van der Waals surface area contributed by atoms with E-state index >= 15 is 0 Å². The van der Waals surface area contributed by atoms with Crippen LogP contribution in [0.1, 0.15) is 66.5 Å². The van der Waals surface area contributed by atoms with Gasteiger partial charge in [-0.15, -0.1) is 35.9 Å². The number of terminal acetylenes is 1. The van der Waals surface area contributed by atoms with Gasteiger partial charge in [-0.3, -0.25) is 9.79 Å². The largest absolute Gasteiger partial charge is 0.361 e. The van der Waals surface area contributed by atoms with E-state index in [9.17, 15) is 4.79 Å². The first-order chi connectivity index (χ1) is 16.0. The van der Waals surface area contributed by atoms with Crippen molar-refractivity contribution in [2.75, 3.05) is 24.3 Å². The molecule has 0 aliphatic carbocycles. The SMILES string of the molecule is C#C.C=N/C(=C\SCNc1ccc(C(=O)N(CC)CCCC)cn1)c1sc(C)nc1C.CC. The van der Waals surface area contributed by atoms with Gasteiger partial charge in [-0.25, -0.2) is 9.97 Å². The van der Waals surface area contributed by atoms with E-state index in [2.05, 4.69) is 46.8 Å². The molecule has 33 heavy (non-hydrogen) atoms. The molecule has 2 aromatic rings. The normalized spacial score (nSPS) is 10.2. The standard InChI is InChI=1S/C21H29N5OS2.C2H6.C2H2/c1-6-8-11-26(7-2)21(27)17-9-10-19(23-12-17)24-14-28-13-18(22-5)20-15(3)25-16(4)29-20;2*1-2/h9-10,12-13H,5-8,11,14H2,1-4H3,(H,23,24);1-2H3;1-2H/b18-13-;;. The molecule has 180 valence electrons. The second kappa shape index (κ2) is 17.9. The Bertz CT molecular complexity index is 888. The number of pyridine rings is 1. The minimum atomic E-state index is 0.0363. The zero-order valence-electron chi connectivity index (χ0n) is 20.7. The number of anilines is 1. The first-order valence-corrected chi connectivity index (χ1v) is 12.9. The summed E-state index contributed by atoms with van der Waals surface area (Å²) in [4.78, 5) is 28.4. The highest BCUT2D eigenvalue weighted by atomic mass is 32.2. The molecule has 0 saturated carbocycles. The van der Waals surface area contributed by atoms with Crippen molar-refractivity contribution in [2.45, 2.75) is 54.4 Å². The van der Waals surface area contributed by atoms with E-state index in [0.29, 0.717) is 18.0 Å². The van der Waals surface area contributed by atoms with E-state index in [0.717, 1.165) is 46.5 Å². The molecule has 0 unspecified atom stereocenters. The number of aromatic nitrogens is 2. The van der Waals surface area contributed by atoms with Gasteiger partial charge < -0.3 is 10.2 Å². The predicted molar refractivity (Wildman–Crippen MR) is 147 cm³/mol. The van der Waals surface area contributed by atoms with Crippen LogP contribution in [0.3, 0.4) is 0 Å². The highest BCUT2D eigenvalue weighted by Crippen LogP contribution is 2.28. The number of thiazole rings is 1. The van der Waals surface area contributed by atoms with E-state index < -0.39 is 0 Å². The van der Waals surface area contributed by atoms with Gasteiger partial charge in [0.1, 0.15) is 5.82 Å². The van der Waals surface area contributed by atoms with Crippen molar-refractivity contribution >= 4 is 47.2 Å². The van der Waals surface area contributed by atoms with Crippen LogP contribution in [-0.4, -0.2) is 46.5 Å². The van der Waals surface area contributed by atoms with Crippen molar-refractivity contribution < 1.29 is 4.79 Å². The Morgan fingerprint density at radius 3 is 2.48 bits per heavy atom. The Hall–Kier alpha value is -2.63. The Kier molecular flexibility index (Phi) is 16.4. The van der Waals surface area contributed by atoms with Gasteiger partial charge >= 0.3 is 0 Å². The number of amides is 1. The fourth-order valence-electron chi connectivity index (χ4n) is 2.73. The van der Waals surface area contributed by atoms with E-state index in [-0.39, 0.29) is 5.91 Å². The number of unbranched alkanes of at least 4 members (excludes halogenated alkanes) is 1. The van der Waals surface area contributed by atoms with Crippen LogP contribution in [0.4, 0.5) is 5.82 Å². The number of aryl methyl sites for hydroxylation is 2. The van der Waals surface area contributed by atoms with Crippen LogP contribution < -0.4 is 5.32 Å². The Balaban J connectivity index is 0.00000242. The summed E-state index contributed by atoms with van der Waals surface area (Å²) in [6.45, 7) is 17.3. The van der Waals surface area contributed by atoms with Crippen molar-refractivity contribution in [1.82, 2.24) is 14.9 Å². The Morgan fingerprint density at radius 1 is 1.30 bits per heavy atom. The second-order valence-electron chi connectivity index (χ2n) is 6.47. The maximum Gasteiger partial charge on any atom is 0.255 e. The third kappa shape index (κ3) is 10.2. The van der Waals surface area contributed by atoms with Crippen molar-refractivity contribution in [3.8, 4) is 12.8 Å². The number of hydrogen-bond acceptors (Lipinski definition) is 7. The van der Waals surface area contributed by atoms with Crippen LogP contribution in [0, 0.1) is 26.7 Å². The number of carbonyl (C=O) groups is 1. The smallest absolute Gasteiger partial charge is 0.255 e. The van der Waals surface area contributed by atoms with E-state index in [1.54, 1.807) is 29.3 Å². The zero-order chi connectivity index (χ0) is 25.2. The summed E-state index contributed by atoms with van der Waals surface area (Å²) in [7, 11) is 0. The fraction of sp³-hybridized carbons (Fsp3) is 0.440. The van der Waals surface area contributed by atoms with E-state index in [1.807, 2.05) is 57.1 Å². The summed E-state index contributed by atoms with van der Waals surface area (Å²) in [6, 6.07) is 3.67. The minimum Gasteiger partial charge on any atom is -0.361 e. The van der Waals surface area contributed by atoms with Gasteiger partial charge in [0.25, 0.3) is 5.91 Å². The average molecular weight is 488 g/mol. The van der Waals surface area contributed by atoms with E-state index in [4.69, 9.17) is 0 Å². The summed E-state index contributed by atoms with van der Waals surface area (Å²) in [5, 5.41) is 6.24. The second-order valence-corrected chi connectivity index (χ2v) is 8.53. The van der Waals surface area contributed by atoms with Crippen LogP contribution in [-0.2, 0) is 0 Å². The predicted octanol–water partition coefficient (Wildman–Crippen LogP) is 6.49. The minimum absolute atomic E-state index is 0.0363. The van der Waals surface area contributed by atoms with Gasteiger partial charge in [-0.1, -0.05) is 27.2 Å². The Morgan fingerprint density at radius 2 is 2.00 bits per heavy atom. The number of nitrogens with one attached hydrogen (secondary N) is 1. The molecule has 0 fully saturated rings. The average Bonchev–Trinajstić information content (AvgIpc) is 3.20. The number of hydrogen-bond donors (Lipinski definition) is 1. The highest BCUT2D eigenvalue weighted by molar-refractivity contribution is 8.02. The van der Waals surface area contributed by atoms with Crippen LogP contribution in [0.25, 0.3) is 5.70 Å². The number of rotatable bonds is 11. The van der Waals surface area contributed by atoms with Crippen LogP contribution in [0.2, 0.25) is 0 Å². The first kappa shape index (κ1) is 30.4. The maximum absolute atomic E-state index is 12.6. The quantitative estimate of drug-likeness (QED) is 0.170. The lowest BCUT2D eigenvalue weighted by molar-refractivity contribution is 0.0762. The van der Waals surface area contributed by atoms with Crippen LogP contribution in [0.5, 0.6) is 0 Å². The molecular weight excluding hydrogens is 450 g/mol. The van der Waals surface area contributed by atoms with Gasteiger partial charge in [-0.05, 0) is 51.5 Å². The molecule has 8 heteroatoms. The van der Waals surface area contributed by atoms with E-state index in [1.165, 1.54) is 0 Å². The molecule has 2 rings (SSSR count). The zero-order valence-corrected chi connectivity index (χ0v) is 22.4. The molecule has 0 spiro atoms. The summed E-state index contributed by atoms with van der Waals surface area (Å²) in [5.74, 6) is 1.40. The molecule has 1 amide bonds. The molecule has 2 heterocycles. The van der Waals surface area contributed by atoms with Crippen molar-refractivity contribution in [3.05, 3.63) is 44.9 Å². The number of carbonyl (C=O) groups excluding carboxylic acids is 1. The van der Waals surface area contributed by atoms with Gasteiger partial charge in [0.05, 0.1) is 32.7 Å². The third-order valence-electron chi connectivity index (χ3n) is 4.30. The highest BCUT2D eigenvalue weighted by Gasteiger charge is 2.14. The fourth-order valence-corrected chi connectivity index (χ4v) is 4.37. The lowest BCUT2D eigenvalue weighted by Gasteiger charge is -2.20. The van der Waals surface area contributed by atoms with Gasteiger partial charge in [0.2, 0.25) is 0 Å². The van der Waals surface area contributed by atoms with Gasteiger partial charge in [0.15, 0.2) is 0 Å². The number of thioether (sulfide) groups is 1. The molecule has 0 aromatic carbocycles. The molecule has 0 bridgehead atoms. The van der Waals surface area contributed by atoms with Gasteiger partial charge in [0, 0.05) is 19.3 Å². The molecule has 0 radical (unpaired) electrons. The van der Waals surface area contributed by atoms with Crippen LogP contribution >= 0.6 is 23.1 Å². The monoisotopic (exact) mass is 487 g/mol. The number of aliphatic imine (C=N–C) groups is 1. The maximum atomic E-state index is 12.6. The summed E-state index contributed by atoms with van der Waals surface area (Å²) < 4.78 is 0. The third-order valence-corrected chi connectivity index (χ3v) is 6.10. The first-order valence-electron chi connectivity index (χ1n) is 11.1. The summed E-state index contributed by atoms with van der Waals surface area (Å²) in [6.07, 6.45) is 11.7. The van der Waals surface area contributed by atoms with Crippen molar-refractivity contribution in [3.63, 3.8) is 0 Å². The molecule has 0 aliphatic rings. The summed E-state index contributed by atoms with van der Waals surface area (Å²) >= 11 is 3.20. The topological polar surface area (TPSA) is 70.5 Å². The Labute approximate surface area is 208 Å². The molecule has 6 nitrogen and oxygen atoms in total.